The number of aromatic nitrogens is 3. The Morgan fingerprint density at radius 1 is 1.10 bits per heavy atom. The summed E-state index contributed by atoms with van der Waals surface area (Å²) in [6.07, 6.45) is 1.75. The molecule has 8 heteroatoms. The van der Waals surface area contributed by atoms with Crippen LogP contribution in [-0.2, 0) is 0 Å². The number of carbonyl (C=O) groups excluding carboxylic acids is 1. The van der Waals surface area contributed by atoms with Gasteiger partial charge in [-0.25, -0.2) is 4.98 Å². The van der Waals surface area contributed by atoms with Crippen LogP contribution in [-0.4, -0.2) is 52.2 Å². The van der Waals surface area contributed by atoms with Crippen molar-refractivity contribution in [2.75, 3.05) is 31.1 Å². The minimum atomic E-state index is -0.00753. The predicted octanol–water partition coefficient (Wildman–Crippen LogP) is 3.87. The normalized spacial score (nSPS) is 14.5. The van der Waals surface area contributed by atoms with Crippen molar-refractivity contribution in [3.05, 3.63) is 59.1 Å². The van der Waals surface area contributed by atoms with Gasteiger partial charge in [-0.3, -0.25) is 4.79 Å². The van der Waals surface area contributed by atoms with Crippen molar-refractivity contribution in [1.82, 2.24) is 20.1 Å². The number of halogens is 1. The minimum Gasteiger partial charge on any atom is -0.420 e. The second-order valence-electron chi connectivity index (χ2n) is 7.26. The lowest BCUT2D eigenvalue weighted by molar-refractivity contribution is 0.0746. The van der Waals surface area contributed by atoms with Crippen molar-refractivity contribution >= 4 is 23.3 Å². The van der Waals surface area contributed by atoms with Crippen LogP contribution in [0, 0.1) is 0 Å². The molecule has 2 aromatic heterocycles. The molecule has 0 atom stereocenters. The van der Waals surface area contributed by atoms with Gasteiger partial charge in [-0.2, -0.15) is 0 Å². The highest BCUT2D eigenvalue weighted by Crippen LogP contribution is 2.30. The molecule has 150 valence electrons. The molecule has 1 aliphatic heterocycles. The first-order chi connectivity index (χ1) is 14.0. The first-order valence-corrected chi connectivity index (χ1v) is 9.99. The van der Waals surface area contributed by atoms with Crippen LogP contribution in [0.25, 0.3) is 11.5 Å². The number of benzene rings is 1. The third-order valence-electron chi connectivity index (χ3n) is 4.89. The monoisotopic (exact) mass is 411 g/mol. The van der Waals surface area contributed by atoms with Crippen molar-refractivity contribution < 1.29 is 9.21 Å². The maximum absolute atomic E-state index is 12.7. The van der Waals surface area contributed by atoms with Gasteiger partial charge in [-0.15, -0.1) is 10.2 Å². The molecule has 1 amide bonds. The quantitative estimate of drug-likeness (QED) is 0.648. The molecule has 0 saturated carbocycles. The highest BCUT2D eigenvalue weighted by Gasteiger charge is 2.26. The van der Waals surface area contributed by atoms with Crippen molar-refractivity contribution in [2.45, 2.75) is 19.8 Å². The Balaban J connectivity index is 1.50. The summed E-state index contributed by atoms with van der Waals surface area (Å²) >= 11 is 6.02. The average molecular weight is 412 g/mol. The number of rotatable bonds is 4. The lowest BCUT2D eigenvalue weighted by Gasteiger charge is -2.36. The Hall–Kier alpha value is -2.93. The molecule has 0 bridgehead atoms. The fourth-order valence-electron chi connectivity index (χ4n) is 3.32. The zero-order valence-electron chi connectivity index (χ0n) is 16.4. The van der Waals surface area contributed by atoms with E-state index in [1.165, 1.54) is 0 Å². The summed E-state index contributed by atoms with van der Waals surface area (Å²) in [6, 6.07) is 10.8. The highest BCUT2D eigenvalue weighted by molar-refractivity contribution is 6.30. The number of piperazine rings is 1. The van der Waals surface area contributed by atoms with Crippen molar-refractivity contribution in [3.8, 4) is 11.5 Å². The van der Waals surface area contributed by atoms with E-state index in [-0.39, 0.29) is 11.8 Å². The van der Waals surface area contributed by atoms with Gasteiger partial charge >= 0.3 is 0 Å². The molecule has 1 aliphatic rings. The van der Waals surface area contributed by atoms with Crippen LogP contribution in [0.5, 0.6) is 0 Å². The first kappa shape index (κ1) is 19.4. The van der Waals surface area contributed by atoms with E-state index in [1.807, 2.05) is 30.9 Å². The number of anilines is 1. The molecule has 0 N–H and O–H groups in total. The summed E-state index contributed by atoms with van der Waals surface area (Å²) < 4.78 is 5.83. The van der Waals surface area contributed by atoms with Gasteiger partial charge < -0.3 is 14.2 Å². The molecule has 1 saturated heterocycles. The van der Waals surface area contributed by atoms with Gasteiger partial charge in [-0.1, -0.05) is 31.5 Å². The zero-order chi connectivity index (χ0) is 20.4. The Morgan fingerprint density at radius 3 is 2.59 bits per heavy atom. The summed E-state index contributed by atoms with van der Waals surface area (Å²) in [5, 5.41) is 8.88. The summed E-state index contributed by atoms with van der Waals surface area (Å²) in [4.78, 5) is 21.3. The molecule has 0 aliphatic carbocycles. The van der Waals surface area contributed by atoms with Crippen LogP contribution in [0.1, 0.15) is 36.0 Å². The highest BCUT2D eigenvalue weighted by atomic mass is 35.5. The van der Waals surface area contributed by atoms with Crippen LogP contribution < -0.4 is 4.90 Å². The topological polar surface area (TPSA) is 75.4 Å². The van der Waals surface area contributed by atoms with E-state index in [4.69, 9.17) is 16.0 Å². The molecule has 29 heavy (non-hydrogen) atoms. The van der Waals surface area contributed by atoms with Gasteiger partial charge in [0.05, 0.1) is 5.56 Å². The molecule has 7 nitrogen and oxygen atoms in total. The SMILES string of the molecule is CC(C)c1nnc(-c2cccnc2N2CCN(C(=O)c3cccc(Cl)c3)CC2)o1. The molecule has 1 aromatic carbocycles. The molecule has 1 fully saturated rings. The number of nitrogens with zero attached hydrogens (tertiary/aromatic N) is 5. The number of hydrogen-bond acceptors (Lipinski definition) is 6. The van der Waals surface area contributed by atoms with Gasteiger partial charge in [0.15, 0.2) is 0 Å². The van der Waals surface area contributed by atoms with Crippen molar-refractivity contribution in [1.29, 1.82) is 0 Å². The zero-order valence-corrected chi connectivity index (χ0v) is 17.1. The maximum atomic E-state index is 12.7. The van der Waals surface area contributed by atoms with E-state index in [0.717, 1.165) is 11.4 Å². The fourth-order valence-corrected chi connectivity index (χ4v) is 3.51. The van der Waals surface area contributed by atoms with E-state index in [1.54, 1.807) is 30.5 Å². The molecule has 3 heterocycles. The summed E-state index contributed by atoms with van der Waals surface area (Å²) in [5.41, 5.74) is 1.41. The molecule has 0 unspecified atom stereocenters. The fraction of sp³-hybridized carbons (Fsp3) is 0.333. The Morgan fingerprint density at radius 2 is 1.90 bits per heavy atom. The van der Waals surface area contributed by atoms with E-state index in [9.17, 15) is 4.79 Å². The Bertz CT molecular complexity index is 1010. The van der Waals surface area contributed by atoms with E-state index < -0.39 is 0 Å². The molecule has 4 rings (SSSR count). The van der Waals surface area contributed by atoms with Crippen LogP contribution in [0.2, 0.25) is 5.02 Å². The van der Waals surface area contributed by atoms with Crippen LogP contribution in [0.3, 0.4) is 0 Å². The maximum Gasteiger partial charge on any atom is 0.254 e. The van der Waals surface area contributed by atoms with Gasteiger partial charge in [0.1, 0.15) is 5.82 Å². The average Bonchev–Trinajstić information content (AvgIpc) is 3.24. The molecule has 0 radical (unpaired) electrons. The number of hydrogen-bond donors (Lipinski definition) is 0. The molecule has 0 spiro atoms. The van der Waals surface area contributed by atoms with Gasteiger partial charge in [0.2, 0.25) is 5.89 Å². The Kier molecular flexibility index (Phi) is 5.49. The second kappa shape index (κ2) is 8.21. The minimum absolute atomic E-state index is 0.00753. The summed E-state index contributed by atoms with van der Waals surface area (Å²) in [5.74, 6) is 2.02. The molecule has 3 aromatic rings. The number of amides is 1. The first-order valence-electron chi connectivity index (χ1n) is 9.61. The van der Waals surface area contributed by atoms with Crippen molar-refractivity contribution in [2.24, 2.45) is 0 Å². The van der Waals surface area contributed by atoms with E-state index in [0.29, 0.717) is 48.5 Å². The predicted molar refractivity (Wildman–Crippen MR) is 111 cm³/mol. The van der Waals surface area contributed by atoms with Gasteiger partial charge in [-0.05, 0) is 30.3 Å². The van der Waals surface area contributed by atoms with E-state index in [2.05, 4.69) is 20.1 Å². The van der Waals surface area contributed by atoms with E-state index >= 15 is 0 Å². The van der Waals surface area contributed by atoms with Gasteiger partial charge in [0.25, 0.3) is 11.8 Å². The van der Waals surface area contributed by atoms with Crippen molar-refractivity contribution in [3.63, 3.8) is 0 Å². The van der Waals surface area contributed by atoms with Crippen LogP contribution in [0.4, 0.5) is 5.82 Å². The van der Waals surface area contributed by atoms with Crippen LogP contribution in [0.15, 0.2) is 47.0 Å². The van der Waals surface area contributed by atoms with Gasteiger partial charge in [0, 0.05) is 48.9 Å². The third kappa shape index (κ3) is 4.10. The lowest BCUT2D eigenvalue weighted by atomic mass is 10.1. The lowest BCUT2D eigenvalue weighted by Crippen LogP contribution is -2.49. The summed E-state index contributed by atoms with van der Waals surface area (Å²) in [6.45, 7) is 6.56. The Labute approximate surface area is 174 Å². The molecular formula is C21H22ClN5O2. The molecular weight excluding hydrogens is 390 g/mol. The largest absolute Gasteiger partial charge is 0.420 e. The number of carbonyl (C=O) groups is 1. The second-order valence-corrected chi connectivity index (χ2v) is 7.70. The smallest absolute Gasteiger partial charge is 0.254 e. The number of pyridine rings is 1. The third-order valence-corrected chi connectivity index (χ3v) is 5.12. The summed E-state index contributed by atoms with van der Waals surface area (Å²) in [7, 11) is 0. The standard InChI is InChI=1S/C21H22ClN5O2/c1-14(2)19-24-25-20(29-19)17-7-4-8-23-18(17)26-9-11-27(12-10-26)21(28)15-5-3-6-16(22)13-15/h3-8,13-14H,9-12H2,1-2H3. The van der Waals surface area contributed by atoms with Crippen LogP contribution >= 0.6 is 11.6 Å².